The fourth-order valence-electron chi connectivity index (χ4n) is 2.74. The van der Waals surface area contributed by atoms with Crippen molar-refractivity contribution in [3.63, 3.8) is 0 Å². The van der Waals surface area contributed by atoms with Gasteiger partial charge in [-0.05, 0) is 27.6 Å². The summed E-state index contributed by atoms with van der Waals surface area (Å²) in [5, 5.41) is 26.0. The highest BCUT2D eigenvalue weighted by Gasteiger charge is 2.22. The van der Waals surface area contributed by atoms with E-state index < -0.39 is 0 Å². The molecule has 0 saturated carbocycles. The third kappa shape index (κ3) is 2.24. The van der Waals surface area contributed by atoms with Crippen LogP contribution in [0.5, 0.6) is 5.75 Å². The number of halogens is 2. The van der Waals surface area contributed by atoms with Crippen LogP contribution in [0.1, 0.15) is 0 Å². The lowest BCUT2D eigenvalue weighted by Gasteiger charge is -2.13. The standard InChI is InChI=1S/C15H7Cl2N7O/c16-9-6-8-12(19-21-18)10(7-4-2-1-3-5-7)15-20-22-23-24(15)13(8)11(17)14(9)25/h1-6,25H. The summed E-state index contributed by atoms with van der Waals surface area (Å²) in [6.07, 6.45) is 0. The van der Waals surface area contributed by atoms with Gasteiger partial charge in [0.15, 0.2) is 11.4 Å². The largest absolute Gasteiger partial charge is 0.505 e. The summed E-state index contributed by atoms with van der Waals surface area (Å²) >= 11 is 12.3. The summed E-state index contributed by atoms with van der Waals surface area (Å²) in [4.78, 5) is 2.91. The molecule has 2 heterocycles. The number of phenols is 1. The Hall–Kier alpha value is -3.06. The van der Waals surface area contributed by atoms with Gasteiger partial charge >= 0.3 is 0 Å². The SMILES string of the molecule is [N-]=[N+]=Nc1c(-c2ccccc2)c2nnnn2c2c(Cl)c(O)c(Cl)cc12. The fourth-order valence-corrected chi connectivity index (χ4v) is 3.28. The van der Waals surface area contributed by atoms with Crippen LogP contribution >= 0.6 is 23.2 Å². The van der Waals surface area contributed by atoms with Crippen molar-refractivity contribution in [3.8, 4) is 16.9 Å². The smallest absolute Gasteiger partial charge is 0.188 e. The molecular weight excluding hydrogens is 365 g/mol. The molecule has 0 aliphatic heterocycles. The maximum Gasteiger partial charge on any atom is 0.188 e. The number of phenolic OH excluding ortho intramolecular Hbond substituents is 1. The number of hydrogen-bond acceptors (Lipinski definition) is 5. The molecule has 0 amide bonds. The second-order valence-electron chi connectivity index (χ2n) is 5.11. The Labute approximate surface area is 149 Å². The van der Waals surface area contributed by atoms with Gasteiger partial charge in [0.1, 0.15) is 5.02 Å². The van der Waals surface area contributed by atoms with E-state index in [1.54, 1.807) is 0 Å². The van der Waals surface area contributed by atoms with Crippen molar-refractivity contribution in [1.82, 2.24) is 20.0 Å². The molecule has 2 aromatic carbocycles. The predicted octanol–water partition coefficient (Wildman–Crippen LogP) is 4.90. The maximum absolute atomic E-state index is 10.1. The molecule has 8 nitrogen and oxygen atoms in total. The number of benzene rings is 2. The highest BCUT2D eigenvalue weighted by Crippen LogP contribution is 2.46. The van der Waals surface area contributed by atoms with Crippen molar-refractivity contribution in [1.29, 1.82) is 0 Å². The van der Waals surface area contributed by atoms with E-state index in [1.165, 1.54) is 10.6 Å². The number of tetrazole rings is 1. The lowest BCUT2D eigenvalue weighted by atomic mass is 10.0. The number of aromatic nitrogens is 4. The van der Waals surface area contributed by atoms with Crippen molar-refractivity contribution in [3.05, 3.63) is 56.9 Å². The van der Waals surface area contributed by atoms with Gasteiger partial charge in [-0.25, -0.2) is 0 Å². The molecule has 2 aromatic heterocycles. The lowest BCUT2D eigenvalue weighted by molar-refractivity contribution is 0.476. The summed E-state index contributed by atoms with van der Waals surface area (Å²) in [6, 6.07) is 10.7. The average molecular weight is 372 g/mol. The normalized spacial score (nSPS) is 11.0. The first-order valence-electron chi connectivity index (χ1n) is 6.98. The van der Waals surface area contributed by atoms with Crippen LogP contribution in [0.4, 0.5) is 5.69 Å². The molecule has 0 spiro atoms. The van der Waals surface area contributed by atoms with Crippen LogP contribution in [0.3, 0.4) is 0 Å². The van der Waals surface area contributed by atoms with E-state index in [1.807, 2.05) is 30.3 Å². The van der Waals surface area contributed by atoms with Crippen LogP contribution in [0, 0.1) is 0 Å². The van der Waals surface area contributed by atoms with E-state index in [0.29, 0.717) is 22.1 Å². The minimum Gasteiger partial charge on any atom is -0.505 e. The number of nitrogens with zero attached hydrogens (tertiary/aromatic N) is 7. The van der Waals surface area contributed by atoms with Gasteiger partial charge in [0.05, 0.1) is 16.2 Å². The Morgan fingerprint density at radius 2 is 1.96 bits per heavy atom. The van der Waals surface area contributed by atoms with Crippen LogP contribution < -0.4 is 0 Å². The molecule has 122 valence electrons. The number of azide groups is 1. The van der Waals surface area contributed by atoms with Crippen molar-refractivity contribution in [2.24, 2.45) is 5.11 Å². The van der Waals surface area contributed by atoms with E-state index >= 15 is 0 Å². The van der Waals surface area contributed by atoms with Crippen LogP contribution in [-0.2, 0) is 0 Å². The second-order valence-corrected chi connectivity index (χ2v) is 5.90. The summed E-state index contributed by atoms with van der Waals surface area (Å²) in [7, 11) is 0. The third-order valence-corrected chi connectivity index (χ3v) is 4.42. The molecule has 0 aliphatic rings. The first kappa shape index (κ1) is 15.5. The fraction of sp³-hybridized carbons (Fsp3) is 0. The summed E-state index contributed by atoms with van der Waals surface area (Å²) in [6.45, 7) is 0. The summed E-state index contributed by atoms with van der Waals surface area (Å²) in [5.74, 6) is -0.299. The molecule has 4 aromatic rings. The van der Waals surface area contributed by atoms with Crippen LogP contribution in [-0.4, -0.2) is 25.1 Å². The number of rotatable bonds is 2. The first-order chi connectivity index (χ1) is 12.1. The van der Waals surface area contributed by atoms with E-state index in [4.69, 9.17) is 28.7 Å². The Balaban J connectivity index is 2.33. The Kier molecular flexibility index (Phi) is 3.58. The highest BCUT2D eigenvalue weighted by molar-refractivity contribution is 6.41. The average Bonchev–Trinajstić information content (AvgIpc) is 3.09. The Morgan fingerprint density at radius 3 is 2.68 bits per heavy atom. The van der Waals surface area contributed by atoms with Gasteiger partial charge in [-0.3, -0.25) is 0 Å². The van der Waals surface area contributed by atoms with Gasteiger partial charge in [0, 0.05) is 15.9 Å². The van der Waals surface area contributed by atoms with Crippen molar-refractivity contribution in [2.45, 2.75) is 0 Å². The van der Waals surface area contributed by atoms with Crippen LogP contribution in [0.25, 0.3) is 38.1 Å². The zero-order chi connectivity index (χ0) is 17.6. The molecule has 0 unspecified atom stereocenters. The molecule has 4 rings (SSSR count). The maximum atomic E-state index is 10.1. The molecule has 0 radical (unpaired) electrons. The minimum atomic E-state index is -0.299. The number of hydrogen-bond donors (Lipinski definition) is 1. The number of aromatic hydroxyl groups is 1. The van der Waals surface area contributed by atoms with Crippen molar-refractivity contribution < 1.29 is 5.11 Å². The van der Waals surface area contributed by atoms with Gasteiger partial charge in [-0.1, -0.05) is 58.6 Å². The molecule has 1 N–H and O–H groups in total. The van der Waals surface area contributed by atoms with Crippen molar-refractivity contribution >= 4 is 45.4 Å². The molecular formula is C15H7Cl2N7O. The molecule has 10 heteroatoms. The molecule has 0 fully saturated rings. The van der Waals surface area contributed by atoms with Gasteiger partial charge in [-0.2, -0.15) is 4.52 Å². The third-order valence-electron chi connectivity index (χ3n) is 3.77. The van der Waals surface area contributed by atoms with Gasteiger partial charge in [-0.15, -0.1) is 5.10 Å². The predicted molar refractivity (Wildman–Crippen MR) is 94.2 cm³/mol. The van der Waals surface area contributed by atoms with E-state index in [-0.39, 0.29) is 21.5 Å². The monoisotopic (exact) mass is 371 g/mol. The van der Waals surface area contributed by atoms with Crippen LogP contribution in [0.15, 0.2) is 41.5 Å². The Bertz CT molecular complexity index is 1180. The van der Waals surface area contributed by atoms with E-state index in [0.717, 1.165) is 5.56 Å². The molecule has 25 heavy (non-hydrogen) atoms. The lowest BCUT2D eigenvalue weighted by Crippen LogP contribution is -1.96. The van der Waals surface area contributed by atoms with Gasteiger partial charge in [0.25, 0.3) is 0 Å². The van der Waals surface area contributed by atoms with E-state index in [2.05, 4.69) is 25.6 Å². The molecule has 0 atom stereocenters. The number of pyridine rings is 1. The Morgan fingerprint density at radius 1 is 1.20 bits per heavy atom. The summed E-state index contributed by atoms with van der Waals surface area (Å²) < 4.78 is 1.38. The van der Waals surface area contributed by atoms with Gasteiger partial charge in [0.2, 0.25) is 0 Å². The van der Waals surface area contributed by atoms with E-state index in [9.17, 15) is 5.11 Å². The van der Waals surface area contributed by atoms with Crippen LogP contribution in [0.2, 0.25) is 10.0 Å². The zero-order valence-corrected chi connectivity index (χ0v) is 13.8. The second kappa shape index (κ2) is 5.78. The van der Waals surface area contributed by atoms with Gasteiger partial charge < -0.3 is 5.11 Å². The molecule has 0 bridgehead atoms. The highest BCUT2D eigenvalue weighted by atomic mass is 35.5. The van der Waals surface area contributed by atoms with Crippen molar-refractivity contribution in [2.75, 3.05) is 0 Å². The first-order valence-corrected chi connectivity index (χ1v) is 7.74. The molecule has 0 saturated heterocycles. The molecule has 0 aliphatic carbocycles. The quantitative estimate of drug-likeness (QED) is 0.306. The topological polar surface area (TPSA) is 112 Å². The summed E-state index contributed by atoms with van der Waals surface area (Å²) in [5.41, 5.74) is 11.3. The number of fused-ring (bicyclic) bond motifs is 3. The minimum absolute atomic E-state index is 0.0262. The zero-order valence-electron chi connectivity index (χ0n) is 12.3.